The predicted octanol–water partition coefficient (Wildman–Crippen LogP) is 3.99. The van der Waals surface area contributed by atoms with Gasteiger partial charge in [0.1, 0.15) is 17.0 Å². The van der Waals surface area contributed by atoms with Crippen LogP contribution < -0.4 is 5.56 Å². The van der Waals surface area contributed by atoms with E-state index in [9.17, 15) is 14.0 Å². The van der Waals surface area contributed by atoms with Crippen LogP contribution in [-0.4, -0.2) is 32.9 Å². The normalized spacial score (nSPS) is 16.9. The molecule has 1 amide bonds. The minimum Gasteiger partial charge on any atom is -0.336 e. The number of carbonyl (C=O) groups excluding carboxylic acids is 1. The van der Waals surface area contributed by atoms with Crippen molar-refractivity contribution in [2.75, 3.05) is 6.54 Å². The Kier molecular flexibility index (Phi) is 5.43. The molecule has 0 aliphatic carbocycles. The van der Waals surface area contributed by atoms with Crippen molar-refractivity contribution in [3.05, 3.63) is 76.0 Å². The first-order chi connectivity index (χ1) is 14.1. The molecule has 0 unspecified atom stereocenters. The Morgan fingerprint density at radius 2 is 2.03 bits per heavy atom. The van der Waals surface area contributed by atoms with Crippen LogP contribution in [0.25, 0.3) is 11.0 Å². The molecule has 1 atom stereocenters. The third-order valence-corrected chi connectivity index (χ3v) is 5.72. The van der Waals surface area contributed by atoms with Gasteiger partial charge in [-0.05, 0) is 49.9 Å². The van der Waals surface area contributed by atoms with Gasteiger partial charge in [-0.1, -0.05) is 25.1 Å². The molecule has 5 nitrogen and oxygen atoms in total. The van der Waals surface area contributed by atoms with Crippen molar-refractivity contribution in [2.24, 2.45) is 0 Å². The molecule has 0 bridgehead atoms. The molecule has 1 aromatic carbocycles. The molecule has 1 saturated heterocycles. The summed E-state index contributed by atoms with van der Waals surface area (Å²) in [5.41, 5.74) is 0.533. The van der Waals surface area contributed by atoms with E-state index in [1.165, 1.54) is 10.6 Å². The molecule has 1 aliphatic heterocycles. The summed E-state index contributed by atoms with van der Waals surface area (Å²) in [5, 5.41) is 0.692. The Hall–Kier alpha value is -3.02. The lowest BCUT2D eigenvalue weighted by Crippen LogP contribution is -2.45. The number of fused-ring (bicyclic) bond motifs is 1. The summed E-state index contributed by atoms with van der Waals surface area (Å²) in [6.45, 7) is 2.75. The first-order valence-corrected chi connectivity index (χ1v) is 10.1. The Balaban J connectivity index is 1.83. The monoisotopic (exact) mass is 393 g/mol. The Morgan fingerprint density at radius 1 is 1.21 bits per heavy atom. The van der Waals surface area contributed by atoms with Crippen molar-refractivity contribution in [3.63, 3.8) is 0 Å². The largest absolute Gasteiger partial charge is 0.336 e. The fraction of sp³-hybridized carbons (Fsp3) is 0.348. The van der Waals surface area contributed by atoms with E-state index in [4.69, 9.17) is 0 Å². The highest BCUT2D eigenvalue weighted by Crippen LogP contribution is 2.22. The molecule has 0 saturated carbocycles. The molecule has 0 radical (unpaired) electrons. The Morgan fingerprint density at radius 3 is 2.83 bits per heavy atom. The summed E-state index contributed by atoms with van der Waals surface area (Å²) in [6, 6.07) is 11.7. The van der Waals surface area contributed by atoms with Crippen LogP contribution in [0.4, 0.5) is 4.39 Å². The van der Waals surface area contributed by atoms with Crippen LogP contribution in [0, 0.1) is 5.82 Å². The lowest BCUT2D eigenvalue weighted by atomic mass is 9.99. The van der Waals surface area contributed by atoms with Crippen molar-refractivity contribution in [2.45, 2.75) is 45.2 Å². The third kappa shape index (κ3) is 3.67. The Labute approximate surface area is 168 Å². The summed E-state index contributed by atoms with van der Waals surface area (Å²) in [7, 11) is 0. The topological polar surface area (TPSA) is 55.2 Å². The van der Waals surface area contributed by atoms with E-state index in [2.05, 4.69) is 11.9 Å². The average Bonchev–Trinajstić information content (AvgIpc) is 2.76. The molecule has 3 heterocycles. The van der Waals surface area contributed by atoms with E-state index < -0.39 is 5.56 Å². The average molecular weight is 393 g/mol. The van der Waals surface area contributed by atoms with Crippen LogP contribution in [0.2, 0.25) is 0 Å². The molecular formula is C23H24FN3O2. The van der Waals surface area contributed by atoms with Crippen molar-refractivity contribution in [3.8, 4) is 0 Å². The number of hydrogen-bond donors (Lipinski definition) is 0. The standard InChI is InChI=1S/C23H24FN3O2/c1-2-18-10-5-6-13-26(18)22(28)19-14-16-9-7-12-25-21(16)27(23(19)29)15-17-8-3-4-11-20(17)24/h3-4,7-9,11-12,14,18H,2,5-6,10,13,15H2,1H3/t18-/m0/s1. The van der Waals surface area contributed by atoms with Gasteiger partial charge in [0.2, 0.25) is 0 Å². The van der Waals surface area contributed by atoms with Crippen molar-refractivity contribution in [1.29, 1.82) is 0 Å². The van der Waals surface area contributed by atoms with Crippen molar-refractivity contribution < 1.29 is 9.18 Å². The molecule has 6 heteroatoms. The first-order valence-electron chi connectivity index (χ1n) is 10.1. The maximum atomic E-state index is 14.2. The second kappa shape index (κ2) is 8.15. The second-order valence-corrected chi connectivity index (χ2v) is 7.51. The zero-order valence-corrected chi connectivity index (χ0v) is 16.5. The highest BCUT2D eigenvalue weighted by molar-refractivity contribution is 5.97. The fourth-order valence-electron chi connectivity index (χ4n) is 4.15. The van der Waals surface area contributed by atoms with Crippen LogP contribution in [-0.2, 0) is 6.54 Å². The number of benzene rings is 1. The minimum absolute atomic E-state index is 0.0251. The first kappa shape index (κ1) is 19.3. The Bertz CT molecular complexity index is 1110. The lowest BCUT2D eigenvalue weighted by Gasteiger charge is -2.35. The number of nitrogens with zero attached hydrogens (tertiary/aromatic N) is 3. The number of aromatic nitrogens is 2. The zero-order valence-electron chi connectivity index (χ0n) is 16.5. The number of carbonyl (C=O) groups is 1. The predicted molar refractivity (Wildman–Crippen MR) is 110 cm³/mol. The van der Waals surface area contributed by atoms with E-state index in [1.54, 1.807) is 36.5 Å². The van der Waals surface area contributed by atoms with Gasteiger partial charge in [-0.15, -0.1) is 0 Å². The molecule has 29 heavy (non-hydrogen) atoms. The maximum Gasteiger partial charge on any atom is 0.265 e. The number of halogens is 1. The molecular weight excluding hydrogens is 369 g/mol. The van der Waals surface area contributed by atoms with Crippen LogP contribution in [0.1, 0.15) is 48.5 Å². The maximum absolute atomic E-state index is 14.2. The van der Waals surface area contributed by atoms with Gasteiger partial charge in [0.25, 0.3) is 11.5 Å². The number of pyridine rings is 2. The van der Waals surface area contributed by atoms with Crippen molar-refractivity contribution >= 4 is 16.9 Å². The highest BCUT2D eigenvalue weighted by Gasteiger charge is 2.28. The zero-order chi connectivity index (χ0) is 20.4. The quantitative estimate of drug-likeness (QED) is 0.674. The second-order valence-electron chi connectivity index (χ2n) is 7.51. The van der Waals surface area contributed by atoms with E-state index in [-0.39, 0.29) is 29.9 Å². The van der Waals surface area contributed by atoms with Crippen LogP contribution in [0.15, 0.2) is 53.5 Å². The van der Waals surface area contributed by atoms with Crippen molar-refractivity contribution in [1.82, 2.24) is 14.5 Å². The van der Waals surface area contributed by atoms with Gasteiger partial charge in [0.05, 0.1) is 6.54 Å². The molecule has 0 N–H and O–H groups in total. The summed E-state index contributed by atoms with van der Waals surface area (Å²) >= 11 is 0. The number of hydrogen-bond acceptors (Lipinski definition) is 3. The van der Waals surface area contributed by atoms with E-state index in [1.807, 2.05) is 11.0 Å². The molecule has 3 aromatic rings. The van der Waals surface area contributed by atoms with E-state index in [0.29, 0.717) is 23.1 Å². The minimum atomic E-state index is -0.426. The van der Waals surface area contributed by atoms with Gasteiger partial charge in [0.15, 0.2) is 0 Å². The van der Waals surface area contributed by atoms with Crippen LogP contribution in [0.3, 0.4) is 0 Å². The smallest absolute Gasteiger partial charge is 0.265 e. The summed E-state index contributed by atoms with van der Waals surface area (Å²) in [6.07, 6.45) is 5.46. The summed E-state index contributed by atoms with van der Waals surface area (Å²) in [5.74, 6) is -0.628. The molecule has 2 aromatic heterocycles. The van der Waals surface area contributed by atoms with Crippen LogP contribution in [0.5, 0.6) is 0 Å². The van der Waals surface area contributed by atoms with Gasteiger partial charge in [-0.2, -0.15) is 0 Å². The molecule has 1 aliphatic rings. The van der Waals surface area contributed by atoms with E-state index >= 15 is 0 Å². The SMILES string of the molecule is CC[C@H]1CCCCN1C(=O)c1cc2cccnc2n(Cc2ccccc2F)c1=O. The van der Waals surface area contributed by atoms with Gasteiger partial charge < -0.3 is 4.90 Å². The van der Waals surface area contributed by atoms with Gasteiger partial charge in [-0.3, -0.25) is 14.2 Å². The number of likely N-dealkylation sites (tertiary alicyclic amines) is 1. The van der Waals surface area contributed by atoms with E-state index in [0.717, 1.165) is 25.7 Å². The molecule has 1 fully saturated rings. The molecule has 4 rings (SSSR count). The van der Waals surface area contributed by atoms with Gasteiger partial charge in [-0.25, -0.2) is 9.37 Å². The number of amides is 1. The summed E-state index contributed by atoms with van der Waals surface area (Å²) < 4.78 is 15.7. The molecule has 150 valence electrons. The fourth-order valence-corrected chi connectivity index (χ4v) is 4.15. The van der Waals surface area contributed by atoms with Crippen LogP contribution >= 0.6 is 0 Å². The van der Waals surface area contributed by atoms with Gasteiger partial charge in [0, 0.05) is 29.7 Å². The summed E-state index contributed by atoms with van der Waals surface area (Å²) in [4.78, 5) is 32.8. The highest BCUT2D eigenvalue weighted by atomic mass is 19.1. The van der Waals surface area contributed by atoms with Gasteiger partial charge >= 0.3 is 0 Å². The number of piperidine rings is 1. The number of rotatable bonds is 4. The lowest BCUT2D eigenvalue weighted by molar-refractivity contribution is 0.0606. The molecule has 0 spiro atoms. The third-order valence-electron chi connectivity index (χ3n) is 5.72.